The van der Waals surface area contributed by atoms with Crippen LogP contribution in [0.1, 0.15) is 49.8 Å². The Morgan fingerprint density at radius 2 is 1.94 bits per heavy atom. The SMILES string of the molecule is Cc1ccc(C(N)=S)c(OC2CCCCCC2)n1. The number of pyridine rings is 1. The monoisotopic (exact) mass is 264 g/mol. The van der Waals surface area contributed by atoms with Crippen LogP contribution < -0.4 is 10.5 Å². The third kappa shape index (κ3) is 3.42. The maximum absolute atomic E-state index is 6.03. The maximum atomic E-state index is 6.03. The van der Waals surface area contributed by atoms with E-state index in [1.165, 1.54) is 25.7 Å². The first-order valence-corrected chi connectivity index (χ1v) is 7.02. The third-order valence-corrected chi connectivity index (χ3v) is 3.57. The topological polar surface area (TPSA) is 48.1 Å². The highest BCUT2D eigenvalue weighted by Crippen LogP contribution is 2.24. The fourth-order valence-electron chi connectivity index (χ4n) is 2.33. The van der Waals surface area contributed by atoms with Crippen molar-refractivity contribution in [2.24, 2.45) is 5.73 Å². The molecule has 4 heteroatoms. The van der Waals surface area contributed by atoms with Crippen molar-refractivity contribution in [2.45, 2.75) is 51.6 Å². The lowest BCUT2D eigenvalue weighted by atomic mass is 10.1. The van der Waals surface area contributed by atoms with Crippen molar-refractivity contribution < 1.29 is 4.74 Å². The summed E-state index contributed by atoms with van der Waals surface area (Å²) in [5.41, 5.74) is 7.39. The van der Waals surface area contributed by atoms with Crippen molar-refractivity contribution >= 4 is 17.2 Å². The maximum Gasteiger partial charge on any atom is 0.224 e. The quantitative estimate of drug-likeness (QED) is 0.673. The van der Waals surface area contributed by atoms with Crippen LogP contribution in [0, 0.1) is 6.92 Å². The summed E-state index contributed by atoms with van der Waals surface area (Å²) in [6.45, 7) is 1.95. The summed E-state index contributed by atoms with van der Waals surface area (Å²) in [6.07, 6.45) is 7.55. The van der Waals surface area contributed by atoms with Gasteiger partial charge in [0.15, 0.2) is 0 Å². The first-order valence-electron chi connectivity index (χ1n) is 6.61. The largest absolute Gasteiger partial charge is 0.474 e. The van der Waals surface area contributed by atoms with E-state index in [2.05, 4.69) is 4.98 Å². The number of hydrogen-bond acceptors (Lipinski definition) is 3. The average Bonchev–Trinajstić information content (AvgIpc) is 2.57. The van der Waals surface area contributed by atoms with Gasteiger partial charge in [-0.2, -0.15) is 0 Å². The fourth-order valence-corrected chi connectivity index (χ4v) is 2.48. The van der Waals surface area contributed by atoms with Crippen LogP contribution >= 0.6 is 12.2 Å². The fraction of sp³-hybridized carbons (Fsp3) is 0.571. The summed E-state index contributed by atoms with van der Waals surface area (Å²) in [4.78, 5) is 4.78. The van der Waals surface area contributed by atoms with Gasteiger partial charge in [-0.15, -0.1) is 0 Å². The molecule has 0 aromatic carbocycles. The minimum absolute atomic E-state index is 0.259. The number of nitrogens with zero attached hydrogens (tertiary/aromatic N) is 1. The van der Waals surface area contributed by atoms with E-state index in [0.717, 1.165) is 24.1 Å². The molecule has 1 aliphatic rings. The van der Waals surface area contributed by atoms with E-state index in [4.69, 9.17) is 22.7 Å². The molecular weight excluding hydrogens is 244 g/mol. The number of aromatic nitrogens is 1. The van der Waals surface area contributed by atoms with E-state index in [1.54, 1.807) is 0 Å². The molecule has 1 aliphatic carbocycles. The molecule has 0 saturated heterocycles. The highest BCUT2D eigenvalue weighted by Gasteiger charge is 2.17. The molecule has 0 unspecified atom stereocenters. The van der Waals surface area contributed by atoms with E-state index in [0.29, 0.717) is 10.9 Å². The molecule has 1 heterocycles. The molecule has 1 aromatic heterocycles. The lowest BCUT2D eigenvalue weighted by Crippen LogP contribution is -2.20. The van der Waals surface area contributed by atoms with Crippen LogP contribution in [0.5, 0.6) is 5.88 Å². The van der Waals surface area contributed by atoms with E-state index >= 15 is 0 Å². The Labute approximate surface area is 114 Å². The van der Waals surface area contributed by atoms with Gasteiger partial charge in [-0.25, -0.2) is 4.98 Å². The van der Waals surface area contributed by atoms with Gasteiger partial charge in [0.1, 0.15) is 11.1 Å². The smallest absolute Gasteiger partial charge is 0.224 e. The van der Waals surface area contributed by atoms with Crippen LogP contribution in [-0.4, -0.2) is 16.1 Å². The van der Waals surface area contributed by atoms with Crippen LogP contribution in [0.15, 0.2) is 12.1 Å². The Morgan fingerprint density at radius 3 is 2.56 bits per heavy atom. The van der Waals surface area contributed by atoms with Crippen LogP contribution in [0.2, 0.25) is 0 Å². The van der Waals surface area contributed by atoms with E-state index < -0.39 is 0 Å². The Bertz CT molecular complexity index is 426. The molecule has 0 spiro atoms. The van der Waals surface area contributed by atoms with Crippen molar-refractivity contribution in [3.8, 4) is 5.88 Å². The second-order valence-corrected chi connectivity index (χ2v) is 5.34. The van der Waals surface area contributed by atoms with E-state index in [-0.39, 0.29) is 6.10 Å². The first kappa shape index (κ1) is 13.3. The van der Waals surface area contributed by atoms with Crippen LogP contribution in [0.4, 0.5) is 0 Å². The van der Waals surface area contributed by atoms with Gasteiger partial charge in [-0.3, -0.25) is 0 Å². The summed E-state index contributed by atoms with van der Waals surface area (Å²) in [7, 11) is 0. The summed E-state index contributed by atoms with van der Waals surface area (Å²) >= 11 is 5.05. The summed E-state index contributed by atoms with van der Waals surface area (Å²) in [5, 5.41) is 0. The molecule has 1 fully saturated rings. The van der Waals surface area contributed by atoms with Gasteiger partial charge in [0.2, 0.25) is 5.88 Å². The Hall–Kier alpha value is -1.16. The number of thiocarbonyl (C=S) groups is 1. The standard InChI is InChI=1S/C14H20N2OS/c1-10-8-9-12(13(15)18)14(16-10)17-11-6-4-2-3-5-7-11/h8-9,11H,2-7H2,1H3,(H2,15,18). The highest BCUT2D eigenvalue weighted by molar-refractivity contribution is 7.80. The van der Waals surface area contributed by atoms with E-state index in [1.807, 2.05) is 19.1 Å². The number of aryl methyl sites for hydroxylation is 1. The van der Waals surface area contributed by atoms with Crippen molar-refractivity contribution in [3.63, 3.8) is 0 Å². The predicted octanol–water partition coefficient (Wildman–Crippen LogP) is 3.13. The average molecular weight is 264 g/mol. The molecule has 2 rings (SSSR count). The van der Waals surface area contributed by atoms with Gasteiger partial charge < -0.3 is 10.5 Å². The number of nitrogens with two attached hydrogens (primary N) is 1. The zero-order valence-corrected chi connectivity index (χ0v) is 11.6. The number of rotatable bonds is 3. The van der Waals surface area contributed by atoms with Crippen molar-refractivity contribution in [2.75, 3.05) is 0 Å². The second kappa shape index (κ2) is 6.14. The second-order valence-electron chi connectivity index (χ2n) is 4.90. The summed E-state index contributed by atoms with van der Waals surface area (Å²) < 4.78 is 6.03. The highest BCUT2D eigenvalue weighted by atomic mass is 32.1. The molecule has 1 aromatic rings. The van der Waals surface area contributed by atoms with Crippen LogP contribution in [0.25, 0.3) is 0 Å². The molecule has 0 bridgehead atoms. The van der Waals surface area contributed by atoms with Gasteiger partial charge >= 0.3 is 0 Å². The Kier molecular flexibility index (Phi) is 4.53. The molecule has 3 nitrogen and oxygen atoms in total. The minimum Gasteiger partial charge on any atom is -0.474 e. The van der Waals surface area contributed by atoms with Crippen molar-refractivity contribution in [3.05, 3.63) is 23.4 Å². The molecule has 1 saturated carbocycles. The predicted molar refractivity (Wildman–Crippen MR) is 77.0 cm³/mol. The zero-order chi connectivity index (χ0) is 13.0. The van der Waals surface area contributed by atoms with Gasteiger partial charge in [-0.1, -0.05) is 25.1 Å². The van der Waals surface area contributed by atoms with Crippen molar-refractivity contribution in [1.82, 2.24) is 4.98 Å². The molecule has 98 valence electrons. The lowest BCUT2D eigenvalue weighted by Gasteiger charge is -2.18. The normalized spacial score (nSPS) is 17.2. The first-order chi connectivity index (χ1) is 8.66. The van der Waals surface area contributed by atoms with E-state index in [9.17, 15) is 0 Å². The van der Waals surface area contributed by atoms with Crippen molar-refractivity contribution in [1.29, 1.82) is 0 Å². The summed E-state index contributed by atoms with van der Waals surface area (Å²) in [5.74, 6) is 0.606. The van der Waals surface area contributed by atoms with Gasteiger partial charge in [0.05, 0.1) is 5.56 Å². The molecule has 0 amide bonds. The van der Waals surface area contributed by atoms with Gasteiger partial charge in [-0.05, 0) is 44.7 Å². The number of hydrogen-bond donors (Lipinski definition) is 1. The number of ether oxygens (including phenoxy) is 1. The zero-order valence-electron chi connectivity index (χ0n) is 10.8. The molecule has 0 atom stereocenters. The van der Waals surface area contributed by atoms with Gasteiger partial charge in [0, 0.05) is 5.69 Å². The Morgan fingerprint density at radius 1 is 1.28 bits per heavy atom. The molecule has 2 N–H and O–H groups in total. The molecule has 18 heavy (non-hydrogen) atoms. The van der Waals surface area contributed by atoms with Gasteiger partial charge in [0.25, 0.3) is 0 Å². The molecule has 0 aliphatic heterocycles. The third-order valence-electron chi connectivity index (χ3n) is 3.35. The Balaban J connectivity index is 2.15. The van der Waals surface area contributed by atoms with Crippen LogP contribution in [-0.2, 0) is 0 Å². The molecule has 0 radical (unpaired) electrons. The lowest BCUT2D eigenvalue weighted by molar-refractivity contribution is 0.175. The van der Waals surface area contributed by atoms with Crippen LogP contribution in [0.3, 0.4) is 0 Å². The molecular formula is C14H20N2OS. The summed E-state index contributed by atoms with van der Waals surface area (Å²) in [6, 6.07) is 3.81. The minimum atomic E-state index is 0.259.